The highest BCUT2D eigenvalue weighted by atomic mass is 127. The van der Waals surface area contributed by atoms with Crippen molar-refractivity contribution >= 4 is 46.3 Å². The number of ether oxygens (including phenoxy) is 1. The van der Waals surface area contributed by atoms with Crippen molar-refractivity contribution in [1.82, 2.24) is 9.38 Å². The molecular formula is C12H10IN3O5. The molecule has 2 aromatic rings. The third-order valence-electron chi connectivity index (χ3n) is 2.52. The van der Waals surface area contributed by atoms with Gasteiger partial charge in [0.05, 0.1) is 12.3 Å². The topological polar surface area (TPSA) is 110 Å². The lowest BCUT2D eigenvalue weighted by Crippen LogP contribution is -2.20. The highest BCUT2D eigenvalue weighted by Gasteiger charge is 2.15. The van der Waals surface area contributed by atoms with Crippen LogP contribution in [-0.4, -0.2) is 33.5 Å². The molecule has 0 aliphatic rings. The summed E-state index contributed by atoms with van der Waals surface area (Å²) in [5.74, 6) is -0.744. The molecule has 0 radical (unpaired) electrons. The van der Waals surface area contributed by atoms with Crippen molar-refractivity contribution < 1.29 is 19.4 Å². The lowest BCUT2D eigenvalue weighted by Gasteiger charge is -2.10. The van der Waals surface area contributed by atoms with E-state index in [1.807, 2.05) is 22.6 Å². The average molecular weight is 403 g/mol. The lowest BCUT2D eigenvalue weighted by molar-refractivity contribution is 0.111. The molecule has 2 heterocycles. The standard InChI is InChI=1S/C12H10IN3O5/c1-2-21-12(20)15-7-3-6(13)4-16-10(7)14-8(5-17)9(18)11(16)19/h3-5,18H,2H2,1H3,(H,15,20). The number of halogens is 1. The molecule has 8 nitrogen and oxygen atoms in total. The molecule has 0 saturated heterocycles. The minimum absolute atomic E-state index is 0.0355. The van der Waals surface area contributed by atoms with Crippen molar-refractivity contribution in [2.45, 2.75) is 6.92 Å². The summed E-state index contributed by atoms with van der Waals surface area (Å²) in [6.07, 6.45) is 0.981. The van der Waals surface area contributed by atoms with E-state index in [-0.39, 0.29) is 24.2 Å². The second kappa shape index (κ2) is 6.08. The Balaban J connectivity index is 2.70. The summed E-state index contributed by atoms with van der Waals surface area (Å²) in [4.78, 5) is 38.2. The number of rotatable bonds is 3. The van der Waals surface area contributed by atoms with Crippen LogP contribution in [0.2, 0.25) is 0 Å². The predicted octanol–water partition coefficient (Wildman–Crippen LogP) is 1.39. The molecule has 1 amide bonds. The molecule has 0 aromatic carbocycles. The summed E-state index contributed by atoms with van der Waals surface area (Å²) in [6, 6.07) is 1.56. The number of anilines is 1. The van der Waals surface area contributed by atoms with Crippen LogP contribution < -0.4 is 10.9 Å². The minimum Gasteiger partial charge on any atom is -0.501 e. The van der Waals surface area contributed by atoms with Crippen LogP contribution in [0.4, 0.5) is 10.5 Å². The number of nitrogens with one attached hydrogen (secondary N) is 1. The van der Waals surface area contributed by atoms with Gasteiger partial charge in [0.25, 0.3) is 0 Å². The quantitative estimate of drug-likeness (QED) is 0.592. The van der Waals surface area contributed by atoms with E-state index < -0.39 is 23.1 Å². The van der Waals surface area contributed by atoms with Crippen LogP contribution in [0, 0.1) is 3.57 Å². The van der Waals surface area contributed by atoms with Crippen LogP contribution in [0.1, 0.15) is 17.4 Å². The van der Waals surface area contributed by atoms with E-state index in [0.717, 1.165) is 4.40 Å². The fourth-order valence-electron chi connectivity index (χ4n) is 1.66. The Morgan fingerprint density at radius 2 is 2.33 bits per heavy atom. The Hall–Kier alpha value is -2.17. The maximum Gasteiger partial charge on any atom is 0.411 e. The number of hydrogen-bond donors (Lipinski definition) is 2. The Morgan fingerprint density at radius 3 is 2.95 bits per heavy atom. The normalized spacial score (nSPS) is 10.4. The summed E-state index contributed by atoms with van der Waals surface area (Å²) >= 11 is 1.94. The van der Waals surface area contributed by atoms with Crippen molar-refractivity contribution in [3.05, 3.63) is 31.9 Å². The smallest absolute Gasteiger partial charge is 0.411 e. The van der Waals surface area contributed by atoms with Gasteiger partial charge in [-0.1, -0.05) is 0 Å². The number of pyridine rings is 1. The molecule has 2 rings (SSSR count). The molecule has 21 heavy (non-hydrogen) atoms. The van der Waals surface area contributed by atoms with Gasteiger partial charge in [-0.15, -0.1) is 0 Å². The Morgan fingerprint density at radius 1 is 1.62 bits per heavy atom. The zero-order valence-corrected chi connectivity index (χ0v) is 12.9. The third kappa shape index (κ3) is 2.96. The first-order valence-electron chi connectivity index (χ1n) is 5.81. The summed E-state index contributed by atoms with van der Waals surface area (Å²) in [5.41, 5.74) is -0.963. The van der Waals surface area contributed by atoms with Gasteiger partial charge in [-0.25, -0.2) is 9.78 Å². The highest BCUT2D eigenvalue weighted by molar-refractivity contribution is 14.1. The molecule has 0 spiro atoms. The van der Waals surface area contributed by atoms with Crippen molar-refractivity contribution in [3.8, 4) is 5.75 Å². The Bertz CT molecular complexity index is 787. The Labute approximate surface area is 131 Å². The number of aromatic hydroxyl groups is 1. The lowest BCUT2D eigenvalue weighted by atomic mass is 10.3. The van der Waals surface area contributed by atoms with Crippen LogP contribution in [0.5, 0.6) is 5.75 Å². The van der Waals surface area contributed by atoms with Crippen LogP contribution in [0.15, 0.2) is 17.1 Å². The molecule has 0 bridgehead atoms. The molecule has 0 unspecified atom stereocenters. The zero-order chi connectivity index (χ0) is 15.6. The van der Waals surface area contributed by atoms with Crippen LogP contribution in [0.25, 0.3) is 5.65 Å². The molecule has 0 atom stereocenters. The summed E-state index contributed by atoms with van der Waals surface area (Å²) in [6.45, 7) is 1.83. The fourth-order valence-corrected chi connectivity index (χ4v) is 2.25. The monoisotopic (exact) mass is 403 g/mol. The van der Waals surface area contributed by atoms with E-state index >= 15 is 0 Å². The largest absolute Gasteiger partial charge is 0.501 e. The van der Waals surface area contributed by atoms with Crippen LogP contribution >= 0.6 is 22.6 Å². The summed E-state index contributed by atoms with van der Waals surface area (Å²) < 4.78 is 6.43. The maximum absolute atomic E-state index is 12.0. The molecule has 2 aromatic heterocycles. The van der Waals surface area contributed by atoms with Gasteiger partial charge in [0.2, 0.25) is 5.75 Å². The van der Waals surface area contributed by atoms with Crippen molar-refractivity contribution in [1.29, 1.82) is 0 Å². The number of hydrogen-bond acceptors (Lipinski definition) is 6. The van der Waals surface area contributed by atoms with Gasteiger partial charge in [-0.3, -0.25) is 19.3 Å². The number of fused-ring (bicyclic) bond motifs is 1. The molecule has 110 valence electrons. The van der Waals surface area contributed by atoms with Crippen molar-refractivity contribution in [2.24, 2.45) is 0 Å². The van der Waals surface area contributed by atoms with Gasteiger partial charge in [-0.2, -0.15) is 0 Å². The fraction of sp³-hybridized carbons (Fsp3) is 0.167. The van der Waals surface area contributed by atoms with Gasteiger partial charge in [0.15, 0.2) is 17.6 Å². The predicted molar refractivity (Wildman–Crippen MR) is 81.9 cm³/mol. The third-order valence-corrected chi connectivity index (χ3v) is 3.11. The van der Waals surface area contributed by atoms with E-state index in [1.165, 1.54) is 6.20 Å². The van der Waals surface area contributed by atoms with Crippen molar-refractivity contribution in [3.63, 3.8) is 0 Å². The van der Waals surface area contributed by atoms with Gasteiger partial charge in [0.1, 0.15) is 0 Å². The van der Waals surface area contributed by atoms with E-state index in [2.05, 4.69) is 10.3 Å². The number of aldehydes is 1. The highest BCUT2D eigenvalue weighted by Crippen LogP contribution is 2.20. The maximum atomic E-state index is 12.0. The summed E-state index contributed by atoms with van der Waals surface area (Å²) in [5, 5.41) is 12.0. The van der Waals surface area contributed by atoms with E-state index in [9.17, 15) is 19.5 Å². The van der Waals surface area contributed by atoms with Gasteiger partial charge < -0.3 is 9.84 Å². The Kier molecular flexibility index (Phi) is 4.40. The molecule has 9 heteroatoms. The van der Waals surface area contributed by atoms with Gasteiger partial charge >= 0.3 is 11.7 Å². The van der Waals surface area contributed by atoms with E-state index in [4.69, 9.17) is 4.74 Å². The number of amides is 1. The second-order valence-electron chi connectivity index (χ2n) is 3.88. The van der Waals surface area contributed by atoms with E-state index in [0.29, 0.717) is 3.57 Å². The minimum atomic E-state index is -0.799. The first-order chi connectivity index (χ1) is 9.97. The SMILES string of the molecule is CCOC(=O)Nc1cc(I)cn2c(=O)c(O)c(C=O)nc12. The first-order valence-corrected chi connectivity index (χ1v) is 6.89. The molecule has 0 aliphatic heterocycles. The van der Waals surface area contributed by atoms with Gasteiger partial charge in [-0.05, 0) is 35.6 Å². The number of aromatic nitrogens is 2. The molecule has 0 aliphatic carbocycles. The molecule has 2 N–H and O–H groups in total. The molecular weight excluding hydrogens is 393 g/mol. The first kappa shape index (κ1) is 15.2. The molecule has 0 fully saturated rings. The van der Waals surface area contributed by atoms with E-state index in [1.54, 1.807) is 13.0 Å². The number of nitrogens with zero attached hydrogens (tertiary/aromatic N) is 2. The van der Waals surface area contributed by atoms with Gasteiger partial charge in [0, 0.05) is 9.77 Å². The van der Waals surface area contributed by atoms with Crippen LogP contribution in [-0.2, 0) is 4.74 Å². The van der Waals surface area contributed by atoms with Crippen molar-refractivity contribution in [2.75, 3.05) is 11.9 Å². The second-order valence-corrected chi connectivity index (χ2v) is 5.13. The average Bonchev–Trinajstić information content (AvgIpc) is 2.43. The zero-order valence-electron chi connectivity index (χ0n) is 10.8. The number of carbonyl (C=O) groups is 2. The number of carbonyl (C=O) groups excluding carboxylic acids is 2. The summed E-state index contributed by atoms with van der Waals surface area (Å²) in [7, 11) is 0. The van der Waals surface area contributed by atoms with Crippen LogP contribution in [0.3, 0.4) is 0 Å². The molecule has 0 saturated carbocycles.